The largest absolute Gasteiger partial charge is 0.378 e. The quantitative estimate of drug-likeness (QED) is 0.833. The number of carbonyl (C=O) groups excluding carboxylic acids is 2. The molecule has 0 aliphatic carbocycles. The Kier molecular flexibility index (Phi) is 5.01. The molecule has 3 saturated heterocycles. The second kappa shape index (κ2) is 7.33. The van der Waals surface area contributed by atoms with Gasteiger partial charge in [0.05, 0.1) is 24.8 Å². The van der Waals surface area contributed by atoms with Gasteiger partial charge in [0, 0.05) is 44.3 Å². The van der Waals surface area contributed by atoms with Crippen molar-refractivity contribution in [2.75, 3.05) is 51.3 Å². The lowest BCUT2D eigenvalue weighted by atomic mass is 9.82. The highest BCUT2D eigenvalue weighted by Crippen LogP contribution is 2.36. The summed E-state index contributed by atoms with van der Waals surface area (Å²) in [5.41, 5.74) is 0.356. The molecule has 3 aliphatic heterocycles. The Morgan fingerprint density at radius 3 is 2.54 bits per heavy atom. The third kappa shape index (κ3) is 3.46. The van der Waals surface area contributed by atoms with Gasteiger partial charge in [-0.25, -0.2) is 9.18 Å². The van der Waals surface area contributed by atoms with Crippen molar-refractivity contribution in [1.82, 2.24) is 14.7 Å². The topological polar surface area (TPSA) is 65.1 Å². The molecule has 0 saturated carbocycles. The fourth-order valence-electron chi connectivity index (χ4n) is 4.55. The number of nitrogens with one attached hydrogen (secondary N) is 1. The zero-order chi connectivity index (χ0) is 19.9. The van der Waals surface area contributed by atoms with Crippen LogP contribution in [0.5, 0.6) is 0 Å². The highest BCUT2D eigenvalue weighted by atomic mass is 19.1. The monoisotopic (exact) mass is 390 g/mol. The van der Waals surface area contributed by atoms with Gasteiger partial charge in [-0.3, -0.25) is 9.69 Å². The van der Waals surface area contributed by atoms with Crippen LogP contribution in [0.1, 0.15) is 13.8 Å². The minimum absolute atomic E-state index is 0.0499. The molecule has 1 N–H and O–H groups in total. The first kappa shape index (κ1) is 19.1. The molecule has 0 radical (unpaired) electrons. The number of halogens is 1. The Balaban J connectivity index is 1.45. The summed E-state index contributed by atoms with van der Waals surface area (Å²) in [6.07, 6.45) is 0. The molecule has 3 fully saturated rings. The SMILES string of the molecule is CC(C)C(=O)N1CC2COCCN2C2(CN(C(=O)Nc3ccc(F)cc3)C2)C1. The van der Waals surface area contributed by atoms with E-state index in [9.17, 15) is 14.0 Å². The molecule has 152 valence electrons. The van der Waals surface area contributed by atoms with E-state index >= 15 is 0 Å². The summed E-state index contributed by atoms with van der Waals surface area (Å²) < 4.78 is 18.7. The second-order valence-electron chi connectivity index (χ2n) is 8.31. The Bertz CT molecular complexity index is 748. The molecule has 1 aromatic carbocycles. The molecule has 1 spiro atoms. The smallest absolute Gasteiger partial charge is 0.321 e. The number of likely N-dealkylation sites (tertiary alicyclic amines) is 1. The van der Waals surface area contributed by atoms with Crippen molar-refractivity contribution in [1.29, 1.82) is 0 Å². The normalized spacial score (nSPS) is 24.1. The summed E-state index contributed by atoms with van der Waals surface area (Å²) in [7, 11) is 0. The highest BCUT2D eigenvalue weighted by Gasteiger charge is 2.56. The van der Waals surface area contributed by atoms with Crippen molar-refractivity contribution in [3.63, 3.8) is 0 Å². The molecule has 1 aromatic rings. The number of hydrogen-bond acceptors (Lipinski definition) is 4. The van der Waals surface area contributed by atoms with Crippen molar-refractivity contribution >= 4 is 17.6 Å². The number of ether oxygens (including phenoxy) is 1. The summed E-state index contributed by atoms with van der Waals surface area (Å²) in [6, 6.07) is 5.71. The molecule has 3 heterocycles. The summed E-state index contributed by atoms with van der Waals surface area (Å²) in [6.45, 7) is 8.41. The predicted molar refractivity (Wildman–Crippen MR) is 102 cm³/mol. The maximum absolute atomic E-state index is 13.0. The van der Waals surface area contributed by atoms with E-state index in [-0.39, 0.29) is 35.3 Å². The summed E-state index contributed by atoms with van der Waals surface area (Å²) >= 11 is 0. The molecule has 3 amide bonds. The van der Waals surface area contributed by atoms with E-state index in [1.165, 1.54) is 12.1 Å². The van der Waals surface area contributed by atoms with Crippen LogP contribution in [-0.2, 0) is 9.53 Å². The maximum Gasteiger partial charge on any atom is 0.321 e. The van der Waals surface area contributed by atoms with E-state index in [1.54, 1.807) is 17.0 Å². The molecule has 1 atom stereocenters. The third-order valence-electron chi connectivity index (χ3n) is 5.91. The van der Waals surface area contributed by atoms with Gasteiger partial charge in [-0.05, 0) is 24.3 Å². The van der Waals surface area contributed by atoms with Crippen LogP contribution in [0.25, 0.3) is 0 Å². The zero-order valence-corrected chi connectivity index (χ0v) is 16.4. The molecule has 0 bridgehead atoms. The molecule has 0 aromatic heterocycles. The summed E-state index contributed by atoms with van der Waals surface area (Å²) in [4.78, 5) is 31.3. The number of anilines is 1. The van der Waals surface area contributed by atoms with Gasteiger partial charge < -0.3 is 19.9 Å². The standard InChI is InChI=1S/C20H27FN4O3/c1-14(2)18(26)23-9-17-10-28-8-7-25(17)20(11-23)12-24(13-20)19(27)22-16-5-3-15(21)4-6-16/h3-6,14,17H,7-13H2,1-2H3,(H,22,27). The first-order chi connectivity index (χ1) is 13.4. The van der Waals surface area contributed by atoms with Crippen LogP contribution >= 0.6 is 0 Å². The number of morpholine rings is 1. The number of urea groups is 1. The number of hydrogen-bond donors (Lipinski definition) is 1. The van der Waals surface area contributed by atoms with Gasteiger partial charge in [0.15, 0.2) is 0 Å². The molecule has 7 nitrogen and oxygen atoms in total. The Labute approximate surface area is 164 Å². The second-order valence-corrected chi connectivity index (χ2v) is 8.31. The molecular formula is C20H27FN4O3. The fraction of sp³-hybridized carbons (Fsp3) is 0.600. The van der Waals surface area contributed by atoms with Crippen LogP contribution in [0.2, 0.25) is 0 Å². The Hall–Kier alpha value is -2.19. The van der Waals surface area contributed by atoms with Gasteiger partial charge in [0.1, 0.15) is 5.82 Å². The van der Waals surface area contributed by atoms with Gasteiger partial charge in [-0.1, -0.05) is 13.8 Å². The van der Waals surface area contributed by atoms with Crippen molar-refractivity contribution in [2.24, 2.45) is 5.92 Å². The average molecular weight is 390 g/mol. The molecule has 3 aliphatic rings. The molecular weight excluding hydrogens is 363 g/mol. The maximum atomic E-state index is 13.0. The third-order valence-corrected chi connectivity index (χ3v) is 5.91. The minimum Gasteiger partial charge on any atom is -0.378 e. The van der Waals surface area contributed by atoms with Gasteiger partial charge in [0.25, 0.3) is 0 Å². The van der Waals surface area contributed by atoms with E-state index in [4.69, 9.17) is 4.74 Å². The zero-order valence-electron chi connectivity index (χ0n) is 16.4. The van der Waals surface area contributed by atoms with E-state index in [0.29, 0.717) is 45.1 Å². The lowest BCUT2D eigenvalue weighted by Gasteiger charge is -2.63. The van der Waals surface area contributed by atoms with E-state index < -0.39 is 0 Å². The molecule has 1 unspecified atom stereocenters. The van der Waals surface area contributed by atoms with Crippen LogP contribution in [0.3, 0.4) is 0 Å². The lowest BCUT2D eigenvalue weighted by molar-refractivity contribution is -0.169. The predicted octanol–water partition coefficient (Wildman–Crippen LogP) is 1.61. The van der Waals surface area contributed by atoms with Crippen molar-refractivity contribution in [3.8, 4) is 0 Å². The number of fused-ring (bicyclic) bond motifs is 2. The lowest BCUT2D eigenvalue weighted by Crippen LogP contribution is -2.81. The van der Waals surface area contributed by atoms with Gasteiger partial charge in [-0.15, -0.1) is 0 Å². The molecule has 4 rings (SSSR count). The summed E-state index contributed by atoms with van der Waals surface area (Å²) in [5.74, 6) is -0.235. The molecule has 8 heteroatoms. The first-order valence-electron chi connectivity index (χ1n) is 9.83. The molecule has 28 heavy (non-hydrogen) atoms. The van der Waals surface area contributed by atoms with Crippen LogP contribution < -0.4 is 5.32 Å². The average Bonchev–Trinajstić information content (AvgIpc) is 2.66. The minimum atomic E-state index is -0.337. The number of benzene rings is 1. The van der Waals surface area contributed by atoms with Crippen molar-refractivity contribution in [3.05, 3.63) is 30.1 Å². The number of rotatable bonds is 2. The number of nitrogens with zero attached hydrogens (tertiary/aromatic N) is 3. The van der Waals surface area contributed by atoms with Crippen molar-refractivity contribution in [2.45, 2.75) is 25.4 Å². The first-order valence-corrected chi connectivity index (χ1v) is 9.83. The fourth-order valence-corrected chi connectivity index (χ4v) is 4.55. The van der Waals surface area contributed by atoms with Crippen LogP contribution in [0, 0.1) is 11.7 Å². The van der Waals surface area contributed by atoms with E-state index in [0.717, 1.165) is 6.54 Å². The summed E-state index contributed by atoms with van der Waals surface area (Å²) in [5, 5.41) is 2.81. The highest BCUT2D eigenvalue weighted by molar-refractivity contribution is 5.90. The van der Waals surface area contributed by atoms with Gasteiger partial charge in [-0.2, -0.15) is 0 Å². The van der Waals surface area contributed by atoms with Crippen molar-refractivity contribution < 1.29 is 18.7 Å². The number of carbonyl (C=O) groups is 2. The number of amides is 3. The van der Waals surface area contributed by atoms with E-state index in [1.807, 2.05) is 18.7 Å². The number of piperazine rings is 1. The van der Waals surface area contributed by atoms with E-state index in [2.05, 4.69) is 10.2 Å². The van der Waals surface area contributed by atoms with Crippen LogP contribution in [-0.4, -0.2) is 84.2 Å². The Morgan fingerprint density at radius 2 is 1.86 bits per heavy atom. The van der Waals surface area contributed by atoms with Gasteiger partial charge >= 0.3 is 6.03 Å². The Morgan fingerprint density at radius 1 is 1.18 bits per heavy atom. The van der Waals surface area contributed by atoms with Crippen LogP contribution in [0.4, 0.5) is 14.9 Å². The van der Waals surface area contributed by atoms with Crippen LogP contribution in [0.15, 0.2) is 24.3 Å². The van der Waals surface area contributed by atoms with Gasteiger partial charge in [0.2, 0.25) is 5.91 Å².